The van der Waals surface area contributed by atoms with Gasteiger partial charge in [-0.05, 0) is 37.1 Å². The van der Waals surface area contributed by atoms with Crippen LogP contribution in [0.25, 0.3) is 0 Å². The summed E-state index contributed by atoms with van der Waals surface area (Å²) in [6.45, 7) is 2.64. The molecule has 7 nitrogen and oxygen atoms in total. The number of amides is 2. The van der Waals surface area contributed by atoms with Crippen molar-refractivity contribution >= 4 is 29.1 Å². The summed E-state index contributed by atoms with van der Waals surface area (Å²) in [5.41, 5.74) is 1.90. The number of anilines is 1. The lowest BCUT2D eigenvalue weighted by Crippen LogP contribution is -2.49. The summed E-state index contributed by atoms with van der Waals surface area (Å²) in [4.78, 5) is 23.9. The summed E-state index contributed by atoms with van der Waals surface area (Å²) in [5.74, 6) is -0.537. The molecule has 2 amide bonds. The molecule has 0 saturated heterocycles. The third-order valence-corrected chi connectivity index (χ3v) is 3.51. The van der Waals surface area contributed by atoms with Crippen molar-refractivity contribution in [3.8, 4) is 0 Å². The molecule has 8 heteroatoms. The maximum Gasteiger partial charge on any atom is 0.246 e. The average molecular weight is 344 g/mol. The van der Waals surface area contributed by atoms with E-state index in [1.165, 1.54) is 0 Å². The third kappa shape index (κ3) is 6.15. The summed E-state index contributed by atoms with van der Waals surface area (Å²) in [6, 6.07) is 3.71. The van der Waals surface area contributed by atoms with Crippen molar-refractivity contribution in [1.82, 2.24) is 10.6 Å². The Morgan fingerprint density at radius 2 is 1.74 bits per heavy atom. The number of nitrogens with one attached hydrogen (secondary N) is 3. The first-order valence-corrected chi connectivity index (χ1v) is 7.69. The van der Waals surface area contributed by atoms with Gasteiger partial charge in [-0.3, -0.25) is 14.9 Å². The maximum absolute atomic E-state index is 12.1. The molecular weight excluding hydrogens is 322 g/mol. The van der Waals surface area contributed by atoms with E-state index in [1.54, 1.807) is 32.0 Å². The molecule has 0 aromatic heterocycles. The smallest absolute Gasteiger partial charge is 0.246 e. The van der Waals surface area contributed by atoms with E-state index >= 15 is 0 Å². The third-order valence-electron chi connectivity index (χ3n) is 3.20. The highest BCUT2D eigenvalue weighted by Gasteiger charge is 2.19. The first-order valence-electron chi connectivity index (χ1n) is 7.16. The van der Waals surface area contributed by atoms with Gasteiger partial charge in [0.2, 0.25) is 11.8 Å². The Hall–Kier alpha value is -1.67. The fourth-order valence-corrected chi connectivity index (χ4v) is 2.04. The highest BCUT2D eigenvalue weighted by atomic mass is 35.5. The van der Waals surface area contributed by atoms with Crippen LogP contribution in [0.5, 0.6) is 0 Å². The zero-order chi connectivity index (χ0) is 17.4. The first kappa shape index (κ1) is 19.4. The molecule has 1 aromatic carbocycles. The zero-order valence-corrected chi connectivity index (χ0v) is 13.9. The molecule has 0 aliphatic carbocycles. The molecule has 128 valence electrons. The van der Waals surface area contributed by atoms with Gasteiger partial charge in [0.15, 0.2) is 0 Å². The lowest BCUT2D eigenvalue weighted by atomic mass is 10.1. The Labute approximate surface area is 140 Å². The molecule has 23 heavy (non-hydrogen) atoms. The molecule has 0 fully saturated rings. The van der Waals surface area contributed by atoms with Gasteiger partial charge in [0.25, 0.3) is 0 Å². The van der Waals surface area contributed by atoms with Crippen LogP contribution in [0.3, 0.4) is 0 Å². The van der Waals surface area contributed by atoms with Crippen LogP contribution in [0.15, 0.2) is 18.2 Å². The summed E-state index contributed by atoms with van der Waals surface area (Å²) in [7, 11) is 0. The second-order valence-electron chi connectivity index (χ2n) is 5.13. The molecule has 0 radical (unpaired) electrons. The van der Waals surface area contributed by atoms with Crippen molar-refractivity contribution in [1.29, 1.82) is 0 Å². The fourth-order valence-electron chi connectivity index (χ4n) is 1.89. The Kier molecular flexibility index (Phi) is 7.97. The van der Waals surface area contributed by atoms with E-state index in [0.717, 1.165) is 5.56 Å². The molecule has 0 aliphatic rings. The predicted octanol–water partition coefficient (Wildman–Crippen LogP) is 0.289. The summed E-state index contributed by atoms with van der Waals surface area (Å²) in [6.07, 6.45) is 0. The number of halogens is 1. The standard InChI is InChI=1S/C15H22ClN3O4/c1-9(17-8-21)14(22)18-10(2)15(23)19-13-4-11(6-16)3-12(5-13)7-20/h3-5,9-10,17,20-21H,6-8H2,1-2H3,(H,18,22)(H,19,23)/t9-,10-/m0/s1. The van der Waals surface area contributed by atoms with Crippen LogP contribution < -0.4 is 16.0 Å². The predicted molar refractivity (Wildman–Crippen MR) is 87.8 cm³/mol. The quantitative estimate of drug-likeness (QED) is 0.344. The SMILES string of the molecule is C[C@H](NCO)C(=O)N[C@@H](C)C(=O)Nc1cc(CO)cc(CCl)c1. The van der Waals surface area contributed by atoms with Crippen LogP contribution in [0, 0.1) is 0 Å². The van der Waals surface area contributed by atoms with Crippen molar-refractivity contribution in [3.63, 3.8) is 0 Å². The van der Waals surface area contributed by atoms with Crippen LogP contribution in [0.1, 0.15) is 25.0 Å². The molecule has 0 spiro atoms. The van der Waals surface area contributed by atoms with Crippen LogP contribution in [-0.4, -0.2) is 40.8 Å². The van der Waals surface area contributed by atoms with Crippen LogP contribution >= 0.6 is 11.6 Å². The monoisotopic (exact) mass is 343 g/mol. The number of hydrogen-bond donors (Lipinski definition) is 5. The molecule has 5 N–H and O–H groups in total. The molecule has 1 rings (SSSR count). The van der Waals surface area contributed by atoms with E-state index < -0.39 is 23.9 Å². The Bertz CT molecular complexity index is 531. The second kappa shape index (κ2) is 9.46. The summed E-state index contributed by atoms with van der Waals surface area (Å²) >= 11 is 5.78. The van der Waals surface area contributed by atoms with E-state index in [9.17, 15) is 14.7 Å². The fraction of sp³-hybridized carbons (Fsp3) is 0.467. The van der Waals surface area contributed by atoms with E-state index in [0.29, 0.717) is 11.3 Å². The molecule has 0 saturated carbocycles. The van der Waals surface area contributed by atoms with Crippen molar-refractivity contribution in [3.05, 3.63) is 29.3 Å². The number of benzene rings is 1. The maximum atomic E-state index is 12.1. The lowest BCUT2D eigenvalue weighted by Gasteiger charge is -2.18. The number of carbonyl (C=O) groups excluding carboxylic acids is 2. The normalized spacial score (nSPS) is 13.3. The summed E-state index contributed by atoms with van der Waals surface area (Å²) < 4.78 is 0. The molecule has 0 bridgehead atoms. The van der Waals surface area contributed by atoms with Gasteiger partial charge in [-0.25, -0.2) is 0 Å². The van der Waals surface area contributed by atoms with Crippen molar-refractivity contribution in [2.45, 2.75) is 38.4 Å². The van der Waals surface area contributed by atoms with Gasteiger partial charge in [-0.2, -0.15) is 0 Å². The number of carbonyl (C=O) groups is 2. The van der Waals surface area contributed by atoms with Crippen LogP contribution in [-0.2, 0) is 22.1 Å². The van der Waals surface area contributed by atoms with E-state index in [1.807, 2.05) is 0 Å². The number of alkyl halides is 1. The number of hydrogen-bond acceptors (Lipinski definition) is 5. The Balaban J connectivity index is 2.69. The summed E-state index contributed by atoms with van der Waals surface area (Å²) in [5, 5.41) is 25.7. The van der Waals surface area contributed by atoms with Crippen LogP contribution in [0.4, 0.5) is 5.69 Å². The van der Waals surface area contributed by atoms with Gasteiger partial charge in [-0.15, -0.1) is 11.6 Å². The topological polar surface area (TPSA) is 111 Å². The second-order valence-corrected chi connectivity index (χ2v) is 5.40. The molecule has 0 unspecified atom stereocenters. The average Bonchev–Trinajstić information content (AvgIpc) is 2.54. The van der Waals surface area contributed by atoms with Gasteiger partial charge in [-0.1, -0.05) is 6.07 Å². The molecule has 0 aliphatic heterocycles. The number of aliphatic hydroxyl groups excluding tert-OH is 2. The van der Waals surface area contributed by atoms with Gasteiger partial charge in [0.1, 0.15) is 6.04 Å². The van der Waals surface area contributed by atoms with Gasteiger partial charge in [0.05, 0.1) is 19.4 Å². The molecule has 0 heterocycles. The van der Waals surface area contributed by atoms with Gasteiger partial charge in [0, 0.05) is 11.6 Å². The van der Waals surface area contributed by atoms with Crippen molar-refractivity contribution < 1.29 is 19.8 Å². The number of aliphatic hydroxyl groups is 2. The van der Waals surface area contributed by atoms with Crippen molar-refractivity contribution in [2.75, 3.05) is 12.0 Å². The highest BCUT2D eigenvalue weighted by molar-refractivity contribution is 6.17. The minimum absolute atomic E-state index is 0.162. The molecule has 1 aromatic rings. The molecular formula is C15H22ClN3O4. The lowest BCUT2D eigenvalue weighted by molar-refractivity contribution is -0.127. The zero-order valence-electron chi connectivity index (χ0n) is 13.1. The number of rotatable bonds is 8. The largest absolute Gasteiger partial charge is 0.392 e. The van der Waals surface area contributed by atoms with Gasteiger partial charge >= 0.3 is 0 Å². The van der Waals surface area contributed by atoms with Crippen molar-refractivity contribution in [2.24, 2.45) is 0 Å². The molecule has 2 atom stereocenters. The Morgan fingerprint density at radius 3 is 2.30 bits per heavy atom. The van der Waals surface area contributed by atoms with E-state index in [-0.39, 0.29) is 19.2 Å². The minimum Gasteiger partial charge on any atom is -0.392 e. The van der Waals surface area contributed by atoms with E-state index in [4.69, 9.17) is 16.7 Å². The minimum atomic E-state index is -0.761. The first-order chi connectivity index (χ1) is 10.9. The highest BCUT2D eigenvalue weighted by Crippen LogP contribution is 2.17. The van der Waals surface area contributed by atoms with Crippen LogP contribution in [0.2, 0.25) is 0 Å². The van der Waals surface area contributed by atoms with E-state index in [2.05, 4.69) is 16.0 Å². The Morgan fingerprint density at radius 1 is 1.09 bits per heavy atom. The van der Waals surface area contributed by atoms with Gasteiger partial charge < -0.3 is 20.8 Å².